The summed E-state index contributed by atoms with van der Waals surface area (Å²) in [5.74, 6) is 0.568. The Balaban J connectivity index is 3.27. The van der Waals surface area contributed by atoms with Gasteiger partial charge in [-0.1, -0.05) is 20.8 Å². The van der Waals surface area contributed by atoms with Gasteiger partial charge in [-0.15, -0.1) is 0 Å². The largest absolute Gasteiger partial charge is 0.380 e. The Kier molecular flexibility index (Phi) is 8.33. The number of nitrogens with two attached hydrogens (primary N) is 1. The zero-order valence-corrected chi connectivity index (χ0v) is 10.1. The van der Waals surface area contributed by atoms with Gasteiger partial charge >= 0.3 is 0 Å². The summed E-state index contributed by atoms with van der Waals surface area (Å²) in [6.45, 7) is 8.08. The van der Waals surface area contributed by atoms with Gasteiger partial charge in [-0.2, -0.15) is 0 Å². The zero-order valence-electron chi connectivity index (χ0n) is 10.1. The number of hydrogen-bond donors (Lipinski definition) is 2. The highest BCUT2D eigenvalue weighted by Gasteiger charge is 2.08. The minimum absolute atomic E-state index is 0.0926. The second kappa shape index (κ2) is 8.68. The molecule has 1 amide bonds. The zero-order chi connectivity index (χ0) is 11.7. The molecule has 0 bridgehead atoms. The van der Waals surface area contributed by atoms with E-state index in [0.29, 0.717) is 25.5 Å². The van der Waals surface area contributed by atoms with Crippen LogP contribution in [0, 0.1) is 5.92 Å². The van der Waals surface area contributed by atoms with Crippen LogP contribution in [0.15, 0.2) is 0 Å². The number of amides is 1. The van der Waals surface area contributed by atoms with Crippen molar-refractivity contribution in [3.05, 3.63) is 0 Å². The molecule has 0 aromatic heterocycles. The second-order valence-corrected chi connectivity index (χ2v) is 4.10. The molecule has 4 nitrogen and oxygen atoms in total. The van der Waals surface area contributed by atoms with Gasteiger partial charge in [0.05, 0.1) is 12.6 Å². The van der Waals surface area contributed by atoms with Crippen LogP contribution in [0.25, 0.3) is 0 Å². The van der Waals surface area contributed by atoms with E-state index in [1.54, 1.807) is 0 Å². The average Bonchev–Trinajstić information content (AvgIpc) is 2.21. The lowest BCUT2D eigenvalue weighted by atomic mass is 10.1. The minimum atomic E-state index is -0.388. The first-order valence-corrected chi connectivity index (χ1v) is 5.69. The Hall–Kier alpha value is -0.610. The quantitative estimate of drug-likeness (QED) is 0.593. The molecule has 0 aliphatic heterocycles. The van der Waals surface area contributed by atoms with Crippen molar-refractivity contribution in [2.45, 2.75) is 39.7 Å². The lowest BCUT2D eigenvalue weighted by Gasteiger charge is -2.10. The van der Waals surface area contributed by atoms with Crippen molar-refractivity contribution in [3.8, 4) is 0 Å². The van der Waals surface area contributed by atoms with Crippen molar-refractivity contribution in [2.24, 2.45) is 11.7 Å². The number of rotatable bonds is 8. The SMILES string of the molecule is CC[C@@H](N)C(=O)NCCOCCC(C)C. The molecule has 0 saturated heterocycles. The van der Waals surface area contributed by atoms with Gasteiger partial charge < -0.3 is 15.8 Å². The maximum atomic E-state index is 11.2. The second-order valence-electron chi connectivity index (χ2n) is 4.10. The summed E-state index contributed by atoms with van der Waals surface area (Å²) in [4.78, 5) is 11.2. The van der Waals surface area contributed by atoms with Gasteiger partial charge in [0.1, 0.15) is 0 Å². The summed E-state index contributed by atoms with van der Waals surface area (Å²) < 4.78 is 5.35. The van der Waals surface area contributed by atoms with Crippen LogP contribution >= 0.6 is 0 Å². The molecule has 3 N–H and O–H groups in total. The summed E-state index contributed by atoms with van der Waals surface area (Å²) in [6.07, 6.45) is 1.72. The van der Waals surface area contributed by atoms with E-state index in [-0.39, 0.29) is 11.9 Å². The molecule has 0 rings (SSSR count). The lowest BCUT2D eigenvalue weighted by molar-refractivity contribution is -0.122. The Bertz CT molecular complexity index is 172. The molecule has 0 spiro atoms. The topological polar surface area (TPSA) is 64.4 Å². The molecule has 0 unspecified atom stereocenters. The van der Waals surface area contributed by atoms with Gasteiger partial charge in [-0.3, -0.25) is 4.79 Å². The average molecular weight is 216 g/mol. The number of carbonyl (C=O) groups excluding carboxylic acids is 1. The molecule has 0 heterocycles. The van der Waals surface area contributed by atoms with Crippen molar-refractivity contribution >= 4 is 5.91 Å². The standard InChI is InChI=1S/C11H24N2O2/c1-4-10(12)11(14)13-6-8-15-7-5-9(2)3/h9-10H,4-8,12H2,1-3H3,(H,13,14)/t10-/m1/s1. The lowest BCUT2D eigenvalue weighted by Crippen LogP contribution is -2.41. The molecule has 0 aliphatic rings. The summed E-state index contributed by atoms with van der Waals surface area (Å²) in [7, 11) is 0. The Morgan fingerprint density at radius 1 is 1.40 bits per heavy atom. The Morgan fingerprint density at radius 2 is 2.07 bits per heavy atom. The molecule has 4 heteroatoms. The van der Waals surface area contributed by atoms with Crippen LogP contribution in [-0.2, 0) is 9.53 Å². The van der Waals surface area contributed by atoms with Crippen molar-refractivity contribution in [1.29, 1.82) is 0 Å². The minimum Gasteiger partial charge on any atom is -0.380 e. The van der Waals surface area contributed by atoms with Gasteiger partial charge in [0, 0.05) is 13.2 Å². The third kappa shape index (κ3) is 8.39. The third-order valence-electron chi connectivity index (χ3n) is 2.16. The number of nitrogens with one attached hydrogen (secondary N) is 1. The monoisotopic (exact) mass is 216 g/mol. The van der Waals surface area contributed by atoms with Crippen LogP contribution in [0.1, 0.15) is 33.6 Å². The van der Waals surface area contributed by atoms with Crippen LogP contribution in [0.3, 0.4) is 0 Å². The maximum absolute atomic E-state index is 11.2. The van der Waals surface area contributed by atoms with Crippen molar-refractivity contribution in [1.82, 2.24) is 5.32 Å². The molecule has 0 fully saturated rings. The van der Waals surface area contributed by atoms with Crippen LogP contribution in [0.4, 0.5) is 0 Å². The first kappa shape index (κ1) is 14.4. The third-order valence-corrected chi connectivity index (χ3v) is 2.16. The summed E-state index contributed by atoms with van der Waals surface area (Å²) in [5.41, 5.74) is 5.54. The molecule has 0 saturated carbocycles. The van der Waals surface area contributed by atoms with Gasteiger partial charge in [-0.05, 0) is 18.8 Å². The summed E-state index contributed by atoms with van der Waals surface area (Å²) >= 11 is 0. The van der Waals surface area contributed by atoms with Crippen LogP contribution in [-0.4, -0.2) is 31.7 Å². The highest BCUT2D eigenvalue weighted by molar-refractivity contribution is 5.81. The first-order valence-electron chi connectivity index (χ1n) is 5.69. The van der Waals surface area contributed by atoms with E-state index in [4.69, 9.17) is 10.5 Å². The molecule has 0 aromatic carbocycles. The normalized spacial score (nSPS) is 12.9. The van der Waals surface area contributed by atoms with E-state index in [9.17, 15) is 4.79 Å². The molecule has 0 aromatic rings. The first-order chi connectivity index (χ1) is 7.07. The summed E-state index contributed by atoms with van der Waals surface area (Å²) in [5, 5.41) is 2.73. The van der Waals surface area contributed by atoms with Crippen LogP contribution in [0.5, 0.6) is 0 Å². The highest BCUT2D eigenvalue weighted by atomic mass is 16.5. The van der Waals surface area contributed by atoms with Crippen LogP contribution in [0.2, 0.25) is 0 Å². The van der Waals surface area contributed by atoms with Gasteiger partial charge in [0.15, 0.2) is 0 Å². The van der Waals surface area contributed by atoms with E-state index in [2.05, 4.69) is 19.2 Å². The van der Waals surface area contributed by atoms with Gasteiger partial charge in [-0.25, -0.2) is 0 Å². The van der Waals surface area contributed by atoms with E-state index in [1.807, 2.05) is 6.92 Å². The smallest absolute Gasteiger partial charge is 0.236 e. The van der Waals surface area contributed by atoms with Gasteiger partial charge in [0.2, 0.25) is 5.91 Å². The van der Waals surface area contributed by atoms with Crippen molar-refractivity contribution in [3.63, 3.8) is 0 Å². The maximum Gasteiger partial charge on any atom is 0.236 e. The van der Waals surface area contributed by atoms with Crippen molar-refractivity contribution in [2.75, 3.05) is 19.8 Å². The number of ether oxygens (including phenoxy) is 1. The molecule has 0 radical (unpaired) electrons. The predicted octanol–water partition coefficient (Wildman–Crippen LogP) is 0.903. The van der Waals surface area contributed by atoms with Crippen LogP contribution < -0.4 is 11.1 Å². The fourth-order valence-corrected chi connectivity index (χ4v) is 0.984. The van der Waals surface area contributed by atoms with Gasteiger partial charge in [0.25, 0.3) is 0 Å². The molecular formula is C11H24N2O2. The van der Waals surface area contributed by atoms with Crippen molar-refractivity contribution < 1.29 is 9.53 Å². The van der Waals surface area contributed by atoms with E-state index in [1.165, 1.54) is 0 Å². The highest BCUT2D eigenvalue weighted by Crippen LogP contribution is 1.98. The molecule has 0 aliphatic carbocycles. The Labute approximate surface area is 92.6 Å². The number of hydrogen-bond acceptors (Lipinski definition) is 3. The molecule has 1 atom stereocenters. The van der Waals surface area contributed by atoms with E-state index >= 15 is 0 Å². The fraction of sp³-hybridized carbons (Fsp3) is 0.909. The predicted molar refractivity (Wildman–Crippen MR) is 61.6 cm³/mol. The molecular weight excluding hydrogens is 192 g/mol. The molecule has 15 heavy (non-hydrogen) atoms. The fourth-order valence-electron chi connectivity index (χ4n) is 0.984. The Morgan fingerprint density at radius 3 is 2.60 bits per heavy atom. The summed E-state index contributed by atoms with van der Waals surface area (Å²) in [6, 6.07) is -0.388. The van der Waals surface area contributed by atoms with E-state index < -0.39 is 0 Å². The molecule has 90 valence electrons. The number of carbonyl (C=O) groups is 1. The van der Waals surface area contributed by atoms with E-state index in [0.717, 1.165) is 13.0 Å².